The highest BCUT2D eigenvalue weighted by molar-refractivity contribution is 5.95. The average Bonchev–Trinajstić information content (AvgIpc) is 3.20. The van der Waals surface area contributed by atoms with E-state index in [1.165, 1.54) is 5.56 Å². The van der Waals surface area contributed by atoms with Gasteiger partial charge in [-0.25, -0.2) is 5.01 Å². The molecule has 1 atom stereocenters. The number of rotatable bonds is 4. The molecule has 0 unspecified atom stereocenters. The number of hydrogen-bond acceptors (Lipinski definition) is 3. The summed E-state index contributed by atoms with van der Waals surface area (Å²) in [6, 6.07) is 25.2. The number of hydrazine groups is 1. The fraction of sp³-hybridized carbons (Fsp3) is 0.125. The molecule has 1 aliphatic rings. The summed E-state index contributed by atoms with van der Waals surface area (Å²) in [6.07, 6.45) is 2.09. The van der Waals surface area contributed by atoms with Crippen molar-refractivity contribution in [1.82, 2.24) is 10.4 Å². The lowest BCUT2D eigenvalue weighted by Gasteiger charge is -2.25. The van der Waals surface area contributed by atoms with E-state index >= 15 is 0 Å². The topological polar surface area (TPSA) is 41.6 Å². The lowest BCUT2D eigenvalue weighted by molar-refractivity contribution is 0.0672. The molecule has 1 aliphatic heterocycles. The number of amides is 1. The van der Waals surface area contributed by atoms with Gasteiger partial charge in [-0.2, -0.15) is 0 Å². The zero-order valence-corrected chi connectivity index (χ0v) is 15.9. The Kier molecular flexibility index (Phi) is 4.85. The first-order chi connectivity index (χ1) is 13.7. The molecule has 3 aromatic rings. The Bertz CT molecular complexity index is 993. The number of benzene rings is 3. The van der Waals surface area contributed by atoms with Crippen molar-refractivity contribution in [2.24, 2.45) is 0 Å². The zero-order valence-electron chi connectivity index (χ0n) is 15.9. The predicted octanol–water partition coefficient (Wildman–Crippen LogP) is 4.75. The third-order valence-electron chi connectivity index (χ3n) is 4.90. The quantitative estimate of drug-likeness (QED) is 0.721. The molecule has 0 aromatic heterocycles. The number of hydrogen-bond donors (Lipinski definition) is 1. The molecule has 4 nitrogen and oxygen atoms in total. The summed E-state index contributed by atoms with van der Waals surface area (Å²) in [5.74, 6) is 0.721. The second-order valence-electron chi connectivity index (χ2n) is 6.82. The molecule has 1 heterocycles. The molecule has 4 heteroatoms. The minimum atomic E-state index is -0.213. The largest absolute Gasteiger partial charge is 0.497 e. The maximum absolute atomic E-state index is 13.2. The summed E-state index contributed by atoms with van der Waals surface area (Å²) in [6.45, 7) is 2.06. The molecule has 1 amide bonds. The minimum absolute atomic E-state index is 0.0696. The van der Waals surface area contributed by atoms with Crippen LogP contribution >= 0.6 is 0 Å². The summed E-state index contributed by atoms with van der Waals surface area (Å²) in [4.78, 5) is 13.2. The molecule has 0 bridgehead atoms. The monoisotopic (exact) mass is 370 g/mol. The van der Waals surface area contributed by atoms with Crippen LogP contribution in [0.2, 0.25) is 0 Å². The van der Waals surface area contributed by atoms with E-state index in [-0.39, 0.29) is 11.9 Å². The van der Waals surface area contributed by atoms with Gasteiger partial charge in [0, 0.05) is 5.56 Å². The Morgan fingerprint density at radius 2 is 1.61 bits per heavy atom. The van der Waals surface area contributed by atoms with Gasteiger partial charge in [0.1, 0.15) is 5.75 Å². The number of ether oxygens (including phenoxy) is 1. The van der Waals surface area contributed by atoms with Crippen molar-refractivity contribution in [1.29, 1.82) is 0 Å². The Morgan fingerprint density at radius 1 is 0.929 bits per heavy atom. The van der Waals surface area contributed by atoms with Crippen LogP contribution in [0.5, 0.6) is 5.75 Å². The fourth-order valence-electron chi connectivity index (χ4n) is 3.31. The highest BCUT2D eigenvalue weighted by Crippen LogP contribution is 2.33. The minimum Gasteiger partial charge on any atom is -0.497 e. The summed E-state index contributed by atoms with van der Waals surface area (Å²) in [5, 5.41) is 1.69. The van der Waals surface area contributed by atoms with E-state index in [1.807, 2.05) is 54.6 Å². The van der Waals surface area contributed by atoms with Crippen molar-refractivity contribution in [2.45, 2.75) is 13.0 Å². The second kappa shape index (κ2) is 7.61. The Morgan fingerprint density at radius 3 is 2.25 bits per heavy atom. The maximum atomic E-state index is 13.2. The number of carbonyl (C=O) groups excluding carboxylic acids is 1. The van der Waals surface area contributed by atoms with Crippen LogP contribution in [0.3, 0.4) is 0 Å². The first kappa shape index (κ1) is 17.9. The van der Waals surface area contributed by atoms with Gasteiger partial charge in [-0.3, -0.25) is 10.2 Å². The van der Waals surface area contributed by atoms with E-state index in [2.05, 4.69) is 42.7 Å². The summed E-state index contributed by atoms with van der Waals surface area (Å²) in [5.41, 5.74) is 8.15. The molecule has 0 spiro atoms. The van der Waals surface area contributed by atoms with Gasteiger partial charge >= 0.3 is 0 Å². The average molecular weight is 370 g/mol. The summed E-state index contributed by atoms with van der Waals surface area (Å²) < 4.78 is 5.27. The van der Waals surface area contributed by atoms with Gasteiger partial charge < -0.3 is 4.74 Å². The third-order valence-corrected chi connectivity index (χ3v) is 4.90. The lowest BCUT2D eigenvalue weighted by Crippen LogP contribution is -2.39. The van der Waals surface area contributed by atoms with Crippen LogP contribution in [-0.2, 0) is 0 Å². The van der Waals surface area contributed by atoms with Crippen LogP contribution in [0.15, 0.2) is 84.9 Å². The van der Waals surface area contributed by atoms with Crippen LogP contribution < -0.4 is 10.2 Å². The molecule has 28 heavy (non-hydrogen) atoms. The number of carbonyl (C=O) groups is 1. The predicted molar refractivity (Wildman–Crippen MR) is 111 cm³/mol. The molecule has 0 radical (unpaired) electrons. The molecule has 4 rings (SSSR count). The van der Waals surface area contributed by atoms with E-state index in [0.29, 0.717) is 5.56 Å². The van der Waals surface area contributed by atoms with E-state index in [4.69, 9.17) is 4.74 Å². The van der Waals surface area contributed by atoms with E-state index in [0.717, 1.165) is 22.6 Å². The smallest absolute Gasteiger partial charge is 0.273 e. The second-order valence-corrected chi connectivity index (χ2v) is 6.82. The van der Waals surface area contributed by atoms with E-state index < -0.39 is 0 Å². The fourth-order valence-corrected chi connectivity index (χ4v) is 3.31. The lowest BCUT2D eigenvalue weighted by atomic mass is 10.0. The van der Waals surface area contributed by atoms with Gasteiger partial charge in [0.2, 0.25) is 0 Å². The highest BCUT2D eigenvalue weighted by atomic mass is 16.5. The molecule has 0 saturated heterocycles. The highest BCUT2D eigenvalue weighted by Gasteiger charge is 2.31. The SMILES string of the molecule is COc1ccc([C@H]2C=C(c3ccc(C)cc3)NN2C(=O)c2ccccc2)cc1. The van der Waals surface area contributed by atoms with Crippen LogP contribution in [0.4, 0.5) is 0 Å². The van der Waals surface area contributed by atoms with Crippen LogP contribution in [0.25, 0.3) is 5.70 Å². The van der Waals surface area contributed by atoms with Gasteiger partial charge in [-0.15, -0.1) is 0 Å². The standard InChI is InChI=1S/C24H22N2O2/c1-17-8-10-18(11-9-17)22-16-23(19-12-14-21(28-2)15-13-19)26(25-22)24(27)20-6-4-3-5-7-20/h3-16,23,25H,1-2H3/t23-/m1/s1. The number of nitrogens with zero attached hydrogens (tertiary/aromatic N) is 1. The molecule has 0 fully saturated rings. The number of nitrogens with one attached hydrogen (secondary N) is 1. The van der Waals surface area contributed by atoms with Gasteiger partial charge in [0.05, 0.1) is 18.8 Å². The normalized spacial score (nSPS) is 15.7. The van der Waals surface area contributed by atoms with E-state index in [9.17, 15) is 4.79 Å². The summed E-state index contributed by atoms with van der Waals surface area (Å²) >= 11 is 0. The molecular formula is C24H22N2O2. The van der Waals surface area contributed by atoms with Crippen LogP contribution in [0, 0.1) is 6.92 Å². The van der Waals surface area contributed by atoms with Gasteiger partial charge in [-0.05, 0) is 48.4 Å². The van der Waals surface area contributed by atoms with Crippen molar-refractivity contribution in [3.8, 4) is 5.75 Å². The van der Waals surface area contributed by atoms with Crippen molar-refractivity contribution in [3.63, 3.8) is 0 Å². The van der Waals surface area contributed by atoms with Gasteiger partial charge in [-0.1, -0.05) is 60.2 Å². The maximum Gasteiger partial charge on any atom is 0.273 e. The molecule has 1 N–H and O–H groups in total. The van der Waals surface area contributed by atoms with Crippen molar-refractivity contribution in [2.75, 3.05) is 7.11 Å². The molecule has 140 valence electrons. The molecule has 3 aromatic carbocycles. The summed E-state index contributed by atoms with van der Waals surface area (Å²) in [7, 11) is 1.65. The van der Waals surface area contributed by atoms with Crippen molar-refractivity contribution >= 4 is 11.6 Å². The molecule has 0 aliphatic carbocycles. The van der Waals surface area contributed by atoms with Gasteiger partial charge in [0.25, 0.3) is 5.91 Å². The first-order valence-electron chi connectivity index (χ1n) is 9.24. The van der Waals surface area contributed by atoms with Crippen molar-refractivity contribution < 1.29 is 9.53 Å². The molecular weight excluding hydrogens is 348 g/mol. The Hall–Kier alpha value is -3.53. The van der Waals surface area contributed by atoms with Crippen LogP contribution in [-0.4, -0.2) is 18.0 Å². The van der Waals surface area contributed by atoms with Crippen molar-refractivity contribution in [3.05, 3.63) is 107 Å². The Balaban J connectivity index is 1.71. The van der Waals surface area contributed by atoms with E-state index in [1.54, 1.807) is 12.1 Å². The number of methoxy groups -OCH3 is 1. The molecule has 0 saturated carbocycles. The van der Waals surface area contributed by atoms with Crippen LogP contribution in [0.1, 0.15) is 33.1 Å². The third kappa shape index (κ3) is 3.49. The number of aryl methyl sites for hydroxylation is 1. The first-order valence-corrected chi connectivity index (χ1v) is 9.24. The Labute approximate surface area is 165 Å². The van der Waals surface area contributed by atoms with Gasteiger partial charge in [0.15, 0.2) is 0 Å². The zero-order chi connectivity index (χ0) is 19.5.